The minimum Gasteiger partial charge on any atom is -0.372 e. The van der Waals surface area contributed by atoms with Gasteiger partial charge in [-0.1, -0.05) is 48.2 Å². The summed E-state index contributed by atoms with van der Waals surface area (Å²) >= 11 is 1.66. The number of rotatable bonds is 5. The second-order valence-corrected chi connectivity index (χ2v) is 6.59. The fourth-order valence-electron chi connectivity index (χ4n) is 2.49. The van der Waals surface area contributed by atoms with E-state index in [0.29, 0.717) is 19.4 Å². The Bertz CT molecular complexity index is 637. The highest BCUT2D eigenvalue weighted by atomic mass is 32.2. The maximum absolute atomic E-state index is 11.9. The first-order chi connectivity index (χ1) is 10.7. The van der Waals surface area contributed by atoms with Crippen molar-refractivity contribution in [1.82, 2.24) is 10.6 Å². The molecule has 114 valence electrons. The van der Waals surface area contributed by atoms with Crippen LogP contribution in [0.2, 0.25) is 0 Å². The van der Waals surface area contributed by atoms with E-state index in [1.54, 1.807) is 17.8 Å². The lowest BCUT2D eigenvalue weighted by atomic mass is 10.1. The second kappa shape index (κ2) is 6.83. The van der Waals surface area contributed by atoms with Gasteiger partial charge in [0.2, 0.25) is 5.91 Å². The molecule has 5 heteroatoms. The molecule has 2 N–H and O–H groups in total. The van der Waals surface area contributed by atoms with Gasteiger partial charge in [0.1, 0.15) is 0 Å². The molecule has 1 aromatic carbocycles. The van der Waals surface area contributed by atoms with Crippen molar-refractivity contribution in [3.8, 4) is 0 Å². The molecule has 0 spiro atoms. The van der Waals surface area contributed by atoms with Gasteiger partial charge in [0, 0.05) is 23.6 Å². The number of allylic oxidation sites excluding steroid dienone is 2. The van der Waals surface area contributed by atoms with Gasteiger partial charge in [0.25, 0.3) is 0 Å². The quantitative estimate of drug-likeness (QED) is 0.874. The number of hydrogen-bond acceptors (Lipinski definition) is 4. The highest BCUT2D eigenvalue weighted by Gasteiger charge is 2.26. The lowest BCUT2D eigenvalue weighted by Crippen LogP contribution is -2.30. The van der Waals surface area contributed by atoms with Gasteiger partial charge in [0.15, 0.2) is 5.78 Å². The number of ketones is 1. The van der Waals surface area contributed by atoms with Crippen molar-refractivity contribution in [2.24, 2.45) is 0 Å². The van der Waals surface area contributed by atoms with Crippen molar-refractivity contribution >= 4 is 23.5 Å². The Balaban J connectivity index is 1.42. The van der Waals surface area contributed by atoms with Crippen molar-refractivity contribution in [3.63, 3.8) is 0 Å². The van der Waals surface area contributed by atoms with Crippen LogP contribution in [0.4, 0.5) is 0 Å². The van der Waals surface area contributed by atoms with Crippen molar-refractivity contribution in [2.45, 2.75) is 24.6 Å². The summed E-state index contributed by atoms with van der Waals surface area (Å²) in [6.07, 6.45) is 5.37. The standard InChI is InChI=1S/C17H18N2O2S/c20-13-6-7-14-15(11-13)22-17(19-14)8-9-18-16(21)10-12-4-2-1-3-5-12/h1-5,7,11,17,19H,6,8-10H2,(H,18,21). The molecule has 1 atom stereocenters. The largest absolute Gasteiger partial charge is 0.372 e. The molecule has 1 aliphatic carbocycles. The number of carbonyl (C=O) groups is 2. The van der Waals surface area contributed by atoms with E-state index in [-0.39, 0.29) is 17.1 Å². The molecule has 0 radical (unpaired) electrons. The number of thioether (sulfide) groups is 1. The summed E-state index contributed by atoms with van der Waals surface area (Å²) in [6.45, 7) is 0.630. The van der Waals surface area contributed by atoms with E-state index >= 15 is 0 Å². The van der Waals surface area contributed by atoms with E-state index in [9.17, 15) is 9.59 Å². The third-order valence-corrected chi connectivity index (χ3v) is 4.82. The van der Waals surface area contributed by atoms with E-state index in [4.69, 9.17) is 0 Å². The van der Waals surface area contributed by atoms with Gasteiger partial charge >= 0.3 is 0 Å². The number of hydrogen-bond donors (Lipinski definition) is 2. The molecule has 4 nitrogen and oxygen atoms in total. The molecule has 1 unspecified atom stereocenters. The summed E-state index contributed by atoms with van der Waals surface area (Å²) in [5, 5.41) is 6.56. The van der Waals surface area contributed by atoms with E-state index in [0.717, 1.165) is 22.6 Å². The van der Waals surface area contributed by atoms with Crippen LogP contribution in [-0.2, 0) is 16.0 Å². The zero-order valence-corrected chi connectivity index (χ0v) is 13.0. The third kappa shape index (κ3) is 3.80. The number of fused-ring (bicyclic) bond motifs is 1. The van der Waals surface area contributed by atoms with Gasteiger partial charge in [-0.3, -0.25) is 9.59 Å². The first kappa shape index (κ1) is 14.9. The SMILES string of the molecule is O=C1C=C2SC(CCNC(=O)Cc3ccccc3)NC2=CC1. The highest BCUT2D eigenvalue weighted by molar-refractivity contribution is 8.04. The molecule has 0 aromatic heterocycles. The van der Waals surface area contributed by atoms with Crippen molar-refractivity contribution in [3.05, 3.63) is 58.6 Å². The van der Waals surface area contributed by atoms with Crippen LogP contribution in [0.5, 0.6) is 0 Å². The molecule has 1 amide bonds. The molecular formula is C17H18N2O2S. The maximum atomic E-state index is 11.9. The minimum absolute atomic E-state index is 0.0419. The highest BCUT2D eigenvalue weighted by Crippen LogP contribution is 2.37. The van der Waals surface area contributed by atoms with E-state index in [1.165, 1.54) is 0 Å². The van der Waals surface area contributed by atoms with Crippen LogP contribution in [0.3, 0.4) is 0 Å². The van der Waals surface area contributed by atoms with Crippen LogP contribution >= 0.6 is 11.8 Å². The van der Waals surface area contributed by atoms with Crippen LogP contribution in [0.1, 0.15) is 18.4 Å². The molecule has 1 saturated heterocycles. The molecule has 0 saturated carbocycles. The van der Waals surface area contributed by atoms with E-state index in [2.05, 4.69) is 10.6 Å². The van der Waals surface area contributed by atoms with Crippen LogP contribution < -0.4 is 10.6 Å². The summed E-state index contributed by atoms with van der Waals surface area (Å²) < 4.78 is 0. The summed E-state index contributed by atoms with van der Waals surface area (Å²) in [7, 11) is 0. The second-order valence-electron chi connectivity index (χ2n) is 5.35. The average molecular weight is 314 g/mol. The normalized spacial score (nSPS) is 19.8. The maximum Gasteiger partial charge on any atom is 0.224 e. The first-order valence-corrected chi connectivity index (χ1v) is 8.27. The summed E-state index contributed by atoms with van der Waals surface area (Å²) in [6, 6.07) is 9.72. The molecule has 2 aliphatic rings. The van der Waals surface area contributed by atoms with Gasteiger partial charge < -0.3 is 10.6 Å². The molecule has 1 fully saturated rings. The zero-order valence-electron chi connectivity index (χ0n) is 12.2. The lowest BCUT2D eigenvalue weighted by molar-refractivity contribution is -0.120. The topological polar surface area (TPSA) is 58.2 Å². The van der Waals surface area contributed by atoms with E-state index in [1.807, 2.05) is 36.4 Å². The Morgan fingerprint density at radius 2 is 2.14 bits per heavy atom. The predicted octanol–water partition coefficient (Wildman–Crippen LogP) is 2.14. The molecular weight excluding hydrogens is 296 g/mol. The third-order valence-electron chi connectivity index (χ3n) is 3.59. The summed E-state index contributed by atoms with van der Waals surface area (Å²) in [5.41, 5.74) is 2.08. The van der Waals surface area contributed by atoms with Crippen LogP contribution in [0, 0.1) is 0 Å². The van der Waals surface area contributed by atoms with Crippen molar-refractivity contribution in [2.75, 3.05) is 6.54 Å². The molecule has 0 bridgehead atoms. The average Bonchev–Trinajstić information content (AvgIpc) is 2.90. The molecule has 1 aromatic rings. The Hall–Kier alpha value is -2.01. The Morgan fingerprint density at radius 3 is 2.95 bits per heavy atom. The smallest absolute Gasteiger partial charge is 0.224 e. The van der Waals surface area contributed by atoms with Gasteiger partial charge in [-0.05, 0) is 18.1 Å². The Labute approximate surface area is 134 Å². The van der Waals surface area contributed by atoms with Crippen molar-refractivity contribution < 1.29 is 9.59 Å². The van der Waals surface area contributed by atoms with Gasteiger partial charge in [-0.15, -0.1) is 0 Å². The Kier molecular flexibility index (Phi) is 4.63. The predicted molar refractivity (Wildman–Crippen MR) is 88.1 cm³/mol. The fourth-order valence-corrected chi connectivity index (χ4v) is 3.68. The number of carbonyl (C=O) groups excluding carboxylic acids is 2. The fraction of sp³-hybridized carbons (Fsp3) is 0.294. The van der Waals surface area contributed by atoms with Gasteiger partial charge in [-0.2, -0.15) is 0 Å². The summed E-state index contributed by atoms with van der Waals surface area (Å²) in [5.74, 6) is 0.199. The van der Waals surface area contributed by atoms with Gasteiger partial charge in [-0.25, -0.2) is 0 Å². The van der Waals surface area contributed by atoms with Gasteiger partial charge in [0.05, 0.1) is 11.8 Å². The Morgan fingerprint density at radius 1 is 1.32 bits per heavy atom. The molecule has 3 rings (SSSR count). The zero-order chi connectivity index (χ0) is 15.4. The molecule has 1 heterocycles. The number of amides is 1. The van der Waals surface area contributed by atoms with Crippen LogP contribution in [0.15, 0.2) is 53.1 Å². The van der Waals surface area contributed by atoms with Crippen LogP contribution in [-0.4, -0.2) is 23.6 Å². The summed E-state index contributed by atoms with van der Waals surface area (Å²) in [4.78, 5) is 24.3. The van der Waals surface area contributed by atoms with Crippen molar-refractivity contribution in [1.29, 1.82) is 0 Å². The first-order valence-electron chi connectivity index (χ1n) is 7.39. The molecule has 22 heavy (non-hydrogen) atoms. The minimum atomic E-state index is 0.0419. The van der Waals surface area contributed by atoms with Crippen LogP contribution in [0.25, 0.3) is 0 Å². The number of nitrogens with one attached hydrogen (secondary N) is 2. The van der Waals surface area contributed by atoms with E-state index < -0.39 is 0 Å². The molecule has 1 aliphatic heterocycles. The lowest BCUT2D eigenvalue weighted by Gasteiger charge is -2.10. The monoisotopic (exact) mass is 314 g/mol. The number of benzene rings is 1.